The van der Waals surface area contributed by atoms with Crippen LogP contribution in [-0.2, 0) is 9.59 Å². The molecule has 0 saturated heterocycles. The summed E-state index contributed by atoms with van der Waals surface area (Å²) in [6, 6.07) is 0. The lowest BCUT2D eigenvalue weighted by Crippen LogP contribution is -2.61. The van der Waals surface area contributed by atoms with Crippen LogP contribution in [0.2, 0.25) is 0 Å². The van der Waals surface area contributed by atoms with Gasteiger partial charge in [0.1, 0.15) is 0 Å². The summed E-state index contributed by atoms with van der Waals surface area (Å²) in [7, 11) is 0. The summed E-state index contributed by atoms with van der Waals surface area (Å²) in [5, 5.41) is 18.3. The number of aliphatic carboxylic acids is 2. The van der Waals surface area contributed by atoms with Crippen molar-refractivity contribution in [3.05, 3.63) is 11.6 Å². The van der Waals surface area contributed by atoms with E-state index in [-0.39, 0.29) is 11.8 Å². The van der Waals surface area contributed by atoms with Gasteiger partial charge in [-0.1, -0.05) is 6.08 Å². The van der Waals surface area contributed by atoms with Crippen molar-refractivity contribution in [1.29, 1.82) is 0 Å². The normalized spacial score (nSPS) is 45.6. The molecule has 4 bridgehead atoms. The van der Waals surface area contributed by atoms with Crippen molar-refractivity contribution in [2.24, 2.45) is 23.2 Å². The van der Waals surface area contributed by atoms with Crippen molar-refractivity contribution in [3.63, 3.8) is 0 Å². The molecule has 5 aliphatic carbocycles. The van der Waals surface area contributed by atoms with Crippen molar-refractivity contribution in [2.75, 3.05) is 0 Å². The van der Waals surface area contributed by atoms with E-state index in [0.717, 1.165) is 6.42 Å². The Bertz CT molecular complexity index is 397. The molecule has 80 valence electrons. The molecular formula is C11H12O4. The molecule has 5 rings (SSSR count). The summed E-state index contributed by atoms with van der Waals surface area (Å²) in [5.74, 6) is -1.48. The van der Waals surface area contributed by atoms with Crippen LogP contribution in [0.15, 0.2) is 11.6 Å². The molecule has 5 aliphatic rings. The summed E-state index contributed by atoms with van der Waals surface area (Å²) < 4.78 is 0. The standard InChI is InChI=1S/C11H12O4/c12-9(13)7-2-5-1-6-4-11(3-5,8(6)7)10(14)15/h2,5-6,8H,1,3-4H2,(H,12,13)(H,14,15). The van der Waals surface area contributed by atoms with Crippen molar-refractivity contribution >= 4 is 11.9 Å². The number of carboxylic acids is 2. The van der Waals surface area contributed by atoms with Crippen LogP contribution in [0, 0.1) is 23.2 Å². The van der Waals surface area contributed by atoms with E-state index in [1.807, 2.05) is 0 Å². The van der Waals surface area contributed by atoms with Crippen LogP contribution in [-0.4, -0.2) is 22.2 Å². The van der Waals surface area contributed by atoms with Gasteiger partial charge >= 0.3 is 11.9 Å². The molecule has 4 unspecified atom stereocenters. The highest BCUT2D eigenvalue weighted by atomic mass is 16.4. The Morgan fingerprint density at radius 1 is 1.33 bits per heavy atom. The minimum absolute atomic E-state index is 0.177. The lowest BCUT2D eigenvalue weighted by Gasteiger charge is -2.61. The highest BCUT2D eigenvalue weighted by Crippen LogP contribution is 2.67. The van der Waals surface area contributed by atoms with Gasteiger partial charge in [-0.15, -0.1) is 0 Å². The van der Waals surface area contributed by atoms with Crippen LogP contribution in [0.1, 0.15) is 19.3 Å². The third-order valence-electron chi connectivity index (χ3n) is 4.35. The zero-order valence-electron chi connectivity index (χ0n) is 8.14. The maximum absolute atomic E-state index is 11.3. The van der Waals surface area contributed by atoms with Gasteiger partial charge in [-0.2, -0.15) is 0 Å². The van der Waals surface area contributed by atoms with Gasteiger partial charge in [-0.25, -0.2) is 4.79 Å². The van der Waals surface area contributed by atoms with Crippen LogP contribution < -0.4 is 0 Å². The van der Waals surface area contributed by atoms with E-state index >= 15 is 0 Å². The zero-order valence-corrected chi connectivity index (χ0v) is 8.14. The average Bonchev–Trinajstić information content (AvgIpc) is 2.16. The SMILES string of the molecule is O=C(O)C1=CC2CC3CC(C(=O)O)(C2)C13. The first kappa shape index (κ1) is 8.95. The molecule has 3 fully saturated rings. The van der Waals surface area contributed by atoms with E-state index in [1.54, 1.807) is 6.08 Å². The van der Waals surface area contributed by atoms with E-state index in [9.17, 15) is 14.7 Å². The van der Waals surface area contributed by atoms with Gasteiger partial charge in [0.25, 0.3) is 0 Å². The molecule has 0 heterocycles. The Labute approximate surface area is 86.6 Å². The van der Waals surface area contributed by atoms with Crippen molar-refractivity contribution in [2.45, 2.75) is 19.3 Å². The lowest BCUT2D eigenvalue weighted by molar-refractivity contribution is -0.181. The Hall–Kier alpha value is -1.32. The molecule has 0 aliphatic heterocycles. The molecule has 0 amide bonds. The molecule has 4 atom stereocenters. The highest BCUT2D eigenvalue weighted by molar-refractivity contribution is 5.91. The number of hydrogen-bond donors (Lipinski definition) is 2. The van der Waals surface area contributed by atoms with Crippen molar-refractivity contribution in [3.8, 4) is 0 Å². The predicted octanol–water partition coefficient (Wildman–Crippen LogP) is 1.13. The van der Waals surface area contributed by atoms with Crippen molar-refractivity contribution in [1.82, 2.24) is 0 Å². The van der Waals surface area contributed by atoms with Crippen LogP contribution in [0.5, 0.6) is 0 Å². The van der Waals surface area contributed by atoms with E-state index in [0.29, 0.717) is 24.3 Å². The average molecular weight is 208 g/mol. The molecule has 0 radical (unpaired) electrons. The summed E-state index contributed by atoms with van der Waals surface area (Å²) in [5.41, 5.74) is -0.382. The van der Waals surface area contributed by atoms with Gasteiger partial charge in [0.2, 0.25) is 0 Å². The second-order valence-corrected chi connectivity index (χ2v) is 5.03. The number of allylic oxidation sites excluding steroid dienone is 1. The molecule has 3 saturated carbocycles. The van der Waals surface area contributed by atoms with Crippen LogP contribution >= 0.6 is 0 Å². The maximum atomic E-state index is 11.3. The minimum Gasteiger partial charge on any atom is -0.481 e. The quantitative estimate of drug-likeness (QED) is 0.713. The Kier molecular flexibility index (Phi) is 1.45. The smallest absolute Gasteiger partial charge is 0.331 e. The molecule has 0 spiro atoms. The predicted molar refractivity (Wildman–Crippen MR) is 50.1 cm³/mol. The van der Waals surface area contributed by atoms with Gasteiger partial charge in [-0.05, 0) is 31.1 Å². The van der Waals surface area contributed by atoms with Crippen LogP contribution in [0.3, 0.4) is 0 Å². The van der Waals surface area contributed by atoms with E-state index in [2.05, 4.69) is 0 Å². The Morgan fingerprint density at radius 2 is 2.07 bits per heavy atom. The molecule has 2 N–H and O–H groups in total. The molecule has 0 aromatic carbocycles. The van der Waals surface area contributed by atoms with Gasteiger partial charge in [0.05, 0.1) is 5.41 Å². The second-order valence-electron chi connectivity index (χ2n) is 5.03. The fraction of sp³-hybridized carbons (Fsp3) is 0.636. The van der Waals surface area contributed by atoms with E-state index in [4.69, 9.17) is 5.11 Å². The maximum Gasteiger partial charge on any atom is 0.331 e. The fourth-order valence-electron chi connectivity index (χ4n) is 3.92. The molecule has 4 heteroatoms. The lowest BCUT2D eigenvalue weighted by atomic mass is 9.40. The highest BCUT2D eigenvalue weighted by Gasteiger charge is 2.66. The van der Waals surface area contributed by atoms with Crippen LogP contribution in [0.25, 0.3) is 0 Å². The third-order valence-corrected chi connectivity index (χ3v) is 4.35. The number of rotatable bonds is 2. The van der Waals surface area contributed by atoms with E-state index in [1.165, 1.54) is 0 Å². The summed E-state index contributed by atoms with van der Waals surface area (Å²) >= 11 is 0. The first-order chi connectivity index (χ1) is 7.04. The fourth-order valence-corrected chi connectivity index (χ4v) is 3.92. The Morgan fingerprint density at radius 3 is 2.60 bits per heavy atom. The zero-order chi connectivity index (χ0) is 10.8. The van der Waals surface area contributed by atoms with Crippen molar-refractivity contribution < 1.29 is 19.8 Å². The van der Waals surface area contributed by atoms with E-state index < -0.39 is 17.4 Å². The molecule has 0 aromatic rings. The number of carboxylic acid groups (broad SMARTS) is 2. The van der Waals surface area contributed by atoms with Crippen LogP contribution in [0.4, 0.5) is 0 Å². The number of carbonyl (C=O) groups is 2. The topological polar surface area (TPSA) is 74.6 Å². The molecular weight excluding hydrogens is 196 g/mol. The van der Waals surface area contributed by atoms with Gasteiger partial charge in [0, 0.05) is 11.5 Å². The first-order valence-electron chi connectivity index (χ1n) is 5.23. The van der Waals surface area contributed by atoms with Gasteiger partial charge in [-0.3, -0.25) is 4.79 Å². The molecule has 0 aromatic heterocycles. The largest absolute Gasteiger partial charge is 0.481 e. The Balaban J connectivity index is 2.06. The third kappa shape index (κ3) is 0.874. The minimum atomic E-state index is -0.931. The molecule has 15 heavy (non-hydrogen) atoms. The van der Waals surface area contributed by atoms with Gasteiger partial charge < -0.3 is 10.2 Å². The van der Waals surface area contributed by atoms with Gasteiger partial charge in [0.15, 0.2) is 0 Å². The molecule has 4 nitrogen and oxygen atoms in total. The second kappa shape index (κ2) is 2.43. The first-order valence-corrected chi connectivity index (χ1v) is 5.23. The summed E-state index contributed by atoms with van der Waals surface area (Å²) in [4.78, 5) is 22.3. The monoisotopic (exact) mass is 208 g/mol. The number of hydrogen-bond acceptors (Lipinski definition) is 2. The summed E-state index contributed by atoms with van der Waals surface area (Å²) in [6.07, 6.45) is 4.08. The summed E-state index contributed by atoms with van der Waals surface area (Å²) in [6.45, 7) is 0.